The van der Waals surface area contributed by atoms with E-state index in [0.29, 0.717) is 51.7 Å². The van der Waals surface area contributed by atoms with Crippen LogP contribution < -0.4 is 43.8 Å². The number of rotatable bonds is 19. The van der Waals surface area contributed by atoms with Gasteiger partial charge in [-0.05, 0) is 91.2 Å². The molecule has 0 saturated carbocycles. The molecule has 5 amide bonds. The Morgan fingerprint density at radius 1 is 0.724 bits per heavy atom. The fourth-order valence-electron chi connectivity index (χ4n) is 7.38. The standard InChI is InChI=1S/C43H53N9O5S/c44-18-6-5-13-34(38(45)53)49-41(56)37(25-31-10-7-21-58-31)51-40(55)36(24-30-26-48-33-12-4-3-11-32(30)33)50-39(54)35(52-42(57)43(46)16-19-47-20-17-43)23-27-14-15-28-8-1-2-9-29(28)22-27/h1-4,7-12,14-15,21-22,26,34-37,47-48H,5-6,13,16-20,23-25,44,46H2,(H2,45,53)(H,49,56)(H,50,54)(H,51,55)(H,52,57)/t34-,35+,36+,37-/m0/s1. The summed E-state index contributed by atoms with van der Waals surface area (Å²) in [7, 11) is 0. The van der Waals surface area contributed by atoms with Gasteiger partial charge in [-0.15, -0.1) is 11.3 Å². The zero-order chi connectivity index (χ0) is 41.1. The summed E-state index contributed by atoms with van der Waals surface area (Å²) in [4.78, 5) is 73.2. The zero-order valence-corrected chi connectivity index (χ0v) is 33.2. The molecule has 6 rings (SSSR count). The van der Waals surface area contributed by atoms with Gasteiger partial charge in [-0.2, -0.15) is 0 Å². The molecule has 5 aromatic rings. The first kappa shape index (κ1) is 42.0. The van der Waals surface area contributed by atoms with Crippen molar-refractivity contribution < 1.29 is 24.0 Å². The molecule has 0 spiro atoms. The molecule has 12 N–H and O–H groups in total. The number of piperidine rings is 1. The van der Waals surface area contributed by atoms with E-state index in [1.165, 1.54) is 11.3 Å². The Morgan fingerprint density at radius 2 is 1.38 bits per heavy atom. The van der Waals surface area contributed by atoms with E-state index >= 15 is 0 Å². The van der Waals surface area contributed by atoms with Crippen molar-refractivity contribution in [1.29, 1.82) is 0 Å². The fourth-order valence-corrected chi connectivity index (χ4v) is 8.13. The number of thiophene rings is 1. The van der Waals surface area contributed by atoms with Crippen molar-refractivity contribution in [2.45, 2.75) is 81.1 Å². The average molecular weight is 808 g/mol. The van der Waals surface area contributed by atoms with Gasteiger partial charge < -0.3 is 48.8 Å². The first-order chi connectivity index (χ1) is 28.0. The van der Waals surface area contributed by atoms with Crippen LogP contribution in [0.1, 0.15) is 48.1 Å². The lowest BCUT2D eigenvalue weighted by Gasteiger charge is -2.34. The monoisotopic (exact) mass is 807 g/mol. The number of fused-ring (bicyclic) bond motifs is 2. The molecule has 306 valence electrons. The van der Waals surface area contributed by atoms with Gasteiger partial charge in [-0.1, -0.05) is 66.7 Å². The molecule has 58 heavy (non-hydrogen) atoms. The molecule has 1 saturated heterocycles. The minimum Gasteiger partial charge on any atom is -0.368 e. The molecule has 3 aromatic carbocycles. The number of para-hydroxylation sites is 1. The van der Waals surface area contributed by atoms with Gasteiger partial charge >= 0.3 is 0 Å². The van der Waals surface area contributed by atoms with Crippen LogP contribution in [0, 0.1) is 0 Å². The van der Waals surface area contributed by atoms with Crippen molar-refractivity contribution >= 4 is 62.5 Å². The third-order valence-corrected chi connectivity index (χ3v) is 11.7. The largest absolute Gasteiger partial charge is 0.368 e. The lowest BCUT2D eigenvalue weighted by molar-refractivity contribution is -0.135. The Bertz CT molecular complexity index is 2200. The Balaban J connectivity index is 1.29. The number of carbonyl (C=O) groups excluding carboxylic acids is 5. The highest BCUT2D eigenvalue weighted by molar-refractivity contribution is 7.09. The number of primary amides is 1. The number of unbranched alkanes of at least 4 members (excludes halogenated alkanes) is 1. The predicted octanol–water partition coefficient (Wildman–Crippen LogP) is 2.04. The second-order valence-corrected chi connectivity index (χ2v) is 16.1. The number of aromatic nitrogens is 1. The van der Waals surface area contributed by atoms with Crippen LogP contribution in [0.2, 0.25) is 0 Å². The number of H-pyrrole nitrogens is 1. The molecule has 0 bridgehead atoms. The molecule has 0 unspecified atom stereocenters. The highest BCUT2D eigenvalue weighted by Crippen LogP contribution is 2.22. The van der Waals surface area contributed by atoms with E-state index < -0.39 is 59.2 Å². The van der Waals surface area contributed by atoms with Gasteiger partial charge in [0.2, 0.25) is 29.5 Å². The zero-order valence-electron chi connectivity index (χ0n) is 32.4. The summed E-state index contributed by atoms with van der Waals surface area (Å²) in [5.41, 5.74) is 19.2. The number of benzene rings is 3. The van der Waals surface area contributed by atoms with Gasteiger partial charge in [0.25, 0.3) is 0 Å². The molecule has 0 radical (unpaired) electrons. The second-order valence-electron chi connectivity index (χ2n) is 15.0. The van der Waals surface area contributed by atoms with E-state index in [4.69, 9.17) is 17.2 Å². The minimum atomic E-state index is -1.19. The van der Waals surface area contributed by atoms with Gasteiger partial charge in [0.1, 0.15) is 24.2 Å². The van der Waals surface area contributed by atoms with Gasteiger partial charge in [0, 0.05) is 41.2 Å². The molecular formula is C43H53N9O5S. The first-order valence-electron chi connectivity index (χ1n) is 19.8. The summed E-state index contributed by atoms with van der Waals surface area (Å²) >= 11 is 1.42. The Morgan fingerprint density at radius 3 is 2.07 bits per heavy atom. The van der Waals surface area contributed by atoms with Crippen LogP contribution in [0.5, 0.6) is 0 Å². The van der Waals surface area contributed by atoms with Crippen LogP contribution in [-0.2, 0) is 43.2 Å². The molecule has 1 fully saturated rings. The average Bonchev–Trinajstić information content (AvgIpc) is 3.90. The van der Waals surface area contributed by atoms with Gasteiger partial charge in [0.15, 0.2) is 0 Å². The molecule has 3 heterocycles. The molecule has 4 atom stereocenters. The van der Waals surface area contributed by atoms with E-state index in [9.17, 15) is 24.0 Å². The van der Waals surface area contributed by atoms with Gasteiger partial charge in [0.05, 0.1) is 5.54 Å². The van der Waals surface area contributed by atoms with Crippen LogP contribution in [0.4, 0.5) is 0 Å². The Hall–Kier alpha value is -5.61. The minimum absolute atomic E-state index is 0.0566. The van der Waals surface area contributed by atoms with Crippen molar-refractivity contribution in [3.05, 3.63) is 106 Å². The van der Waals surface area contributed by atoms with Crippen molar-refractivity contribution in [2.24, 2.45) is 17.2 Å². The topological polar surface area (TPSA) is 239 Å². The fraction of sp³-hybridized carbons (Fsp3) is 0.372. The Kier molecular flexibility index (Phi) is 14.3. The quantitative estimate of drug-likeness (QED) is 0.0559. The van der Waals surface area contributed by atoms with Crippen LogP contribution in [0.3, 0.4) is 0 Å². The maximum absolute atomic E-state index is 14.6. The smallest absolute Gasteiger partial charge is 0.243 e. The number of hydrogen-bond acceptors (Lipinski definition) is 9. The number of carbonyl (C=O) groups is 5. The SMILES string of the molecule is NCCCC[C@H](NC(=O)[C@H](Cc1cccs1)NC(=O)[C@@H](Cc1c[nH]c2ccccc12)NC(=O)[C@@H](Cc1ccc2ccccc2c1)NC(=O)C1(N)CCNCC1)C(N)=O. The summed E-state index contributed by atoms with van der Waals surface area (Å²) in [6.45, 7) is 1.55. The van der Waals surface area contributed by atoms with Gasteiger partial charge in [-0.25, -0.2) is 0 Å². The van der Waals surface area contributed by atoms with Crippen molar-refractivity contribution in [1.82, 2.24) is 31.6 Å². The van der Waals surface area contributed by atoms with E-state index in [-0.39, 0.29) is 19.3 Å². The third-order valence-electron chi connectivity index (χ3n) is 10.8. The highest BCUT2D eigenvalue weighted by Gasteiger charge is 2.38. The van der Waals surface area contributed by atoms with Crippen LogP contribution >= 0.6 is 11.3 Å². The normalized spacial score (nSPS) is 15.8. The molecule has 15 heteroatoms. The second kappa shape index (κ2) is 19.7. The van der Waals surface area contributed by atoms with Crippen LogP contribution in [-0.4, -0.2) is 83.9 Å². The molecule has 14 nitrogen and oxygen atoms in total. The van der Waals surface area contributed by atoms with Crippen molar-refractivity contribution in [3.8, 4) is 0 Å². The van der Waals surface area contributed by atoms with Crippen LogP contribution in [0.15, 0.2) is 90.4 Å². The highest BCUT2D eigenvalue weighted by atomic mass is 32.1. The number of aromatic amines is 1. The number of hydrogen-bond donors (Lipinski definition) is 9. The number of amides is 5. The summed E-state index contributed by atoms with van der Waals surface area (Å²) in [6, 6.07) is 20.6. The van der Waals surface area contributed by atoms with Crippen molar-refractivity contribution in [3.63, 3.8) is 0 Å². The number of nitrogens with one attached hydrogen (secondary N) is 6. The van der Waals surface area contributed by atoms with E-state index in [0.717, 1.165) is 37.7 Å². The maximum Gasteiger partial charge on any atom is 0.243 e. The van der Waals surface area contributed by atoms with Crippen LogP contribution in [0.25, 0.3) is 21.7 Å². The number of nitrogens with two attached hydrogens (primary N) is 3. The van der Waals surface area contributed by atoms with E-state index in [2.05, 4.69) is 31.6 Å². The van der Waals surface area contributed by atoms with E-state index in [1.807, 2.05) is 84.2 Å². The predicted molar refractivity (Wildman–Crippen MR) is 227 cm³/mol. The summed E-state index contributed by atoms with van der Waals surface area (Å²) in [5.74, 6) is -2.95. The third kappa shape index (κ3) is 10.9. The Labute approximate surface area is 341 Å². The molecule has 1 aliphatic heterocycles. The summed E-state index contributed by atoms with van der Waals surface area (Å²) < 4.78 is 0. The van der Waals surface area contributed by atoms with Gasteiger partial charge in [-0.3, -0.25) is 24.0 Å². The maximum atomic E-state index is 14.6. The summed E-state index contributed by atoms with van der Waals surface area (Å²) in [5, 5.41) is 19.5. The lowest BCUT2D eigenvalue weighted by Crippen LogP contribution is -2.63. The molecular weight excluding hydrogens is 755 g/mol. The first-order valence-corrected chi connectivity index (χ1v) is 20.7. The molecule has 1 aliphatic rings. The molecule has 0 aliphatic carbocycles. The lowest BCUT2D eigenvalue weighted by atomic mass is 9.88. The molecule has 2 aromatic heterocycles. The van der Waals surface area contributed by atoms with E-state index in [1.54, 1.807) is 6.20 Å². The summed E-state index contributed by atoms with van der Waals surface area (Å²) in [6.07, 6.45) is 4.41. The van der Waals surface area contributed by atoms with Crippen molar-refractivity contribution in [2.75, 3.05) is 19.6 Å².